The van der Waals surface area contributed by atoms with Crippen molar-refractivity contribution in [2.75, 3.05) is 26.3 Å². The lowest BCUT2D eigenvalue weighted by Gasteiger charge is -2.07. The molecule has 18 heavy (non-hydrogen) atoms. The van der Waals surface area contributed by atoms with Gasteiger partial charge in [-0.3, -0.25) is 0 Å². The van der Waals surface area contributed by atoms with E-state index in [4.69, 9.17) is 9.84 Å². The van der Waals surface area contributed by atoms with Gasteiger partial charge in [-0.15, -0.1) is 0 Å². The van der Waals surface area contributed by atoms with E-state index in [1.54, 1.807) is 0 Å². The number of benzene rings is 1. The molecule has 2 N–H and O–H groups in total. The van der Waals surface area contributed by atoms with Gasteiger partial charge in [0.1, 0.15) is 12.4 Å². The lowest BCUT2D eigenvalue weighted by molar-refractivity contribution is 0.282. The Kier molecular flexibility index (Phi) is 8.90. The van der Waals surface area contributed by atoms with Crippen molar-refractivity contribution in [2.24, 2.45) is 0 Å². The summed E-state index contributed by atoms with van der Waals surface area (Å²) in [6.07, 6.45) is 4.38. The lowest BCUT2D eigenvalue weighted by Crippen LogP contribution is -2.22. The van der Waals surface area contributed by atoms with Crippen LogP contribution >= 0.6 is 15.9 Å². The summed E-state index contributed by atoms with van der Waals surface area (Å²) in [4.78, 5) is 0. The van der Waals surface area contributed by atoms with Crippen molar-refractivity contribution in [3.8, 4) is 5.75 Å². The third-order valence-electron chi connectivity index (χ3n) is 2.61. The van der Waals surface area contributed by atoms with Crippen LogP contribution in [0.1, 0.15) is 25.7 Å². The SMILES string of the molecule is OCCCCCCNCCOc1cccc(Br)c1. The molecule has 0 aliphatic heterocycles. The summed E-state index contributed by atoms with van der Waals surface area (Å²) >= 11 is 3.41. The van der Waals surface area contributed by atoms with E-state index in [0.29, 0.717) is 13.2 Å². The Bertz CT molecular complexity index is 320. The fourth-order valence-electron chi connectivity index (χ4n) is 1.64. The van der Waals surface area contributed by atoms with Crippen molar-refractivity contribution in [3.63, 3.8) is 0 Å². The highest BCUT2D eigenvalue weighted by Gasteiger charge is 1.94. The fourth-order valence-corrected chi connectivity index (χ4v) is 2.02. The van der Waals surface area contributed by atoms with Crippen LogP contribution in [0.5, 0.6) is 5.75 Å². The van der Waals surface area contributed by atoms with E-state index >= 15 is 0 Å². The molecule has 0 unspecified atom stereocenters. The van der Waals surface area contributed by atoms with E-state index in [2.05, 4.69) is 21.2 Å². The Morgan fingerprint density at radius 3 is 2.72 bits per heavy atom. The van der Waals surface area contributed by atoms with Crippen LogP contribution in [-0.2, 0) is 0 Å². The quantitative estimate of drug-likeness (QED) is 0.652. The Morgan fingerprint density at radius 1 is 1.11 bits per heavy atom. The number of ether oxygens (including phenoxy) is 1. The van der Waals surface area contributed by atoms with Crippen LogP contribution in [0.15, 0.2) is 28.7 Å². The largest absolute Gasteiger partial charge is 0.492 e. The average molecular weight is 316 g/mol. The van der Waals surface area contributed by atoms with Gasteiger partial charge in [-0.05, 0) is 37.6 Å². The van der Waals surface area contributed by atoms with Gasteiger partial charge in [-0.1, -0.05) is 34.8 Å². The minimum Gasteiger partial charge on any atom is -0.492 e. The van der Waals surface area contributed by atoms with E-state index in [-0.39, 0.29) is 0 Å². The molecule has 0 amide bonds. The summed E-state index contributed by atoms with van der Waals surface area (Å²) in [6, 6.07) is 7.88. The molecule has 0 heterocycles. The fraction of sp³-hybridized carbons (Fsp3) is 0.571. The van der Waals surface area contributed by atoms with Gasteiger partial charge in [0.15, 0.2) is 0 Å². The van der Waals surface area contributed by atoms with Crippen molar-refractivity contribution < 1.29 is 9.84 Å². The van der Waals surface area contributed by atoms with Gasteiger partial charge in [0.25, 0.3) is 0 Å². The monoisotopic (exact) mass is 315 g/mol. The predicted octanol–water partition coefficient (Wildman–Crippen LogP) is 2.97. The molecule has 1 aromatic rings. The second kappa shape index (κ2) is 10.4. The van der Waals surface area contributed by atoms with Gasteiger partial charge in [0, 0.05) is 17.6 Å². The molecule has 0 atom stereocenters. The zero-order valence-corrected chi connectivity index (χ0v) is 12.3. The zero-order valence-electron chi connectivity index (χ0n) is 10.7. The number of aliphatic hydroxyl groups is 1. The van der Waals surface area contributed by atoms with Crippen LogP contribution in [0.4, 0.5) is 0 Å². The molecule has 1 rings (SSSR count). The van der Waals surface area contributed by atoms with Crippen LogP contribution in [0.2, 0.25) is 0 Å². The second-order valence-electron chi connectivity index (χ2n) is 4.19. The Labute approximate surface area is 118 Å². The van der Waals surface area contributed by atoms with Crippen molar-refractivity contribution in [1.82, 2.24) is 5.32 Å². The molecule has 102 valence electrons. The predicted molar refractivity (Wildman–Crippen MR) is 78.1 cm³/mol. The smallest absolute Gasteiger partial charge is 0.120 e. The van der Waals surface area contributed by atoms with E-state index < -0.39 is 0 Å². The van der Waals surface area contributed by atoms with Crippen LogP contribution in [0, 0.1) is 0 Å². The van der Waals surface area contributed by atoms with Crippen molar-refractivity contribution >= 4 is 15.9 Å². The maximum atomic E-state index is 8.63. The van der Waals surface area contributed by atoms with Crippen LogP contribution in [-0.4, -0.2) is 31.4 Å². The van der Waals surface area contributed by atoms with E-state index in [1.165, 1.54) is 6.42 Å². The number of unbranched alkanes of at least 4 members (excludes halogenated alkanes) is 3. The highest BCUT2D eigenvalue weighted by atomic mass is 79.9. The molecule has 0 aliphatic carbocycles. The Hall–Kier alpha value is -0.580. The molecule has 1 aromatic carbocycles. The highest BCUT2D eigenvalue weighted by Crippen LogP contribution is 2.17. The summed E-state index contributed by atoms with van der Waals surface area (Å²) in [5.74, 6) is 0.897. The van der Waals surface area contributed by atoms with Gasteiger partial charge in [-0.25, -0.2) is 0 Å². The molecule has 4 heteroatoms. The minimum atomic E-state index is 0.313. The molecule has 0 fully saturated rings. The summed E-state index contributed by atoms with van der Waals surface area (Å²) in [6.45, 7) is 2.89. The molecular formula is C14H22BrNO2. The Balaban J connectivity index is 1.92. The minimum absolute atomic E-state index is 0.313. The topological polar surface area (TPSA) is 41.5 Å². The molecule has 0 aromatic heterocycles. The summed E-state index contributed by atoms with van der Waals surface area (Å²) in [5, 5.41) is 12.0. The van der Waals surface area contributed by atoms with Crippen molar-refractivity contribution in [2.45, 2.75) is 25.7 Å². The Morgan fingerprint density at radius 2 is 1.94 bits per heavy atom. The van der Waals surface area contributed by atoms with Crippen LogP contribution in [0.25, 0.3) is 0 Å². The van der Waals surface area contributed by atoms with E-state index in [9.17, 15) is 0 Å². The molecular weight excluding hydrogens is 294 g/mol. The van der Waals surface area contributed by atoms with Gasteiger partial charge >= 0.3 is 0 Å². The summed E-state index contributed by atoms with van der Waals surface area (Å²) < 4.78 is 6.65. The number of aliphatic hydroxyl groups excluding tert-OH is 1. The number of hydrogen-bond acceptors (Lipinski definition) is 3. The number of halogens is 1. The summed E-state index contributed by atoms with van der Waals surface area (Å²) in [7, 11) is 0. The third kappa shape index (κ3) is 7.69. The maximum absolute atomic E-state index is 8.63. The average Bonchev–Trinajstić information content (AvgIpc) is 2.37. The normalized spacial score (nSPS) is 10.6. The first kappa shape index (κ1) is 15.5. The molecule has 0 saturated heterocycles. The molecule has 0 aliphatic rings. The van der Waals surface area contributed by atoms with Gasteiger partial charge in [-0.2, -0.15) is 0 Å². The van der Waals surface area contributed by atoms with Gasteiger partial charge < -0.3 is 15.2 Å². The van der Waals surface area contributed by atoms with Gasteiger partial charge in [0.05, 0.1) is 0 Å². The molecule has 0 spiro atoms. The first-order chi connectivity index (χ1) is 8.83. The maximum Gasteiger partial charge on any atom is 0.120 e. The van der Waals surface area contributed by atoms with Crippen molar-refractivity contribution in [1.29, 1.82) is 0 Å². The number of hydrogen-bond donors (Lipinski definition) is 2. The van der Waals surface area contributed by atoms with Crippen LogP contribution in [0.3, 0.4) is 0 Å². The third-order valence-corrected chi connectivity index (χ3v) is 3.10. The van der Waals surface area contributed by atoms with Crippen molar-refractivity contribution in [3.05, 3.63) is 28.7 Å². The molecule has 3 nitrogen and oxygen atoms in total. The molecule has 0 saturated carbocycles. The number of nitrogens with one attached hydrogen (secondary N) is 1. The first-order valence-corrected chi connectivity index (χ1v) is 7.32. The summed E-state index contributed by atoms with van der Waals surface area (Å²) in [5.41, 5.74) is 0. The highest BCUT2D eigenvalue weighted by molar-refractivity contribution is 9.10. The van der Waals surface area contributed by atoms with E-state index in [1.807, 2.05) is 24.3 Å². The lowest BCUT2D eigenvalue weighted by atomic mass is 10.2. The molecule has 0 bridgehead atoms. The van der Waals surface area contributed by atoms with Gasteiger partial charge in [0.2, 0.25) is 0 Å². The molecule has 0 radical (unpaired) electrons. The van der Waals surface area contributed by atoms with Crippen LogP contribution < -0.4 is 10.1 Å². The number of rotatable bonds is 10. The first-order valence-electron chi connectivity index (χ1n) is 6.53. The zero-order chi connectivity index (χ0) is 13.1. The second-order valence-corrected chi connectivity index (χ2v) is 5.11. The van der Waals surface area contributed by atoms with E-state index in [0.717, 1.165) is 42.6 Å². The standard InChI is InChI=1S/C14H22BrNO2/c15-13-6-5-7-14(12-13)18-11-9-16-8-3-1-2-4-10-17/h5-7,12,16-17H,1-4,8-11H2.